The summed E-state index contributed by atoms with van der Waals surface area (Å²) in [5, 5.41) is 12.6. The first-order chi connectivity index (χ1) is 12.3. The van der Waals surface area contributed by atoms with Crippen LogP contribution in [0.2, 0.25) is 0 Å². The van der Waals surface area contributed by atoms with E-state index in [2.05, 4.69) is 10.3 Å². The van der Waals surface area contributed by atoms with Gasteiger partial charge < -0.3 is 14.8 Å². The van der Waals surface area contributed by atoms with Crippen molar-refractivity contribution in [2.75, 3.05) is 13.2 Å². The summed E-state index contributed by atoms with van der Waals surface area (Å²) in [6, 6.07) is 11.2. The van der Waals surface area contributed by atoms with Gasteiger partial charge in [-0.3, -0.25) is 9.78 Å². The van der Waals surface area contributed by atoms with Crippen LogP contribution in [0.1, 0.15) is 36.0 Å². The molecule has 0 aliphatic heterocycles. The average Bonchev–Trinajstić information content (AvgIpc) is 3.13. The Hall–Kier alpha value is -2.66. The highest BCUT2D eigenvalue weighted by molar-refractivity contribution is 5.96. The summed E-state index contributed by atoms with van der Waals surface area (Å²) in [4.78, 5) is 16.6. The molecule has 2 aromatic heterocycles. The zero-order valence-corrected chi connectivity index (χ0v) is 14.1. The zero-order valence-electron chi connectivity index (χ0n) is 14.1. The van der Waals surface area contributed by atoms with Crippen LogP contribution in [0.3, 0.4) is 0 Å². The summed E-state index contributed by atoms with van der Waals surface area (Å²) in [6.45, 7) is 0.891. The van der Waals surface area contributed by atoms with E-state index in [-0.39, 0.29) is 12.5 Å². The second-order valence-electron chi connectivity index (χ2n) is 5.96. The van der Waals surface area contributed by atoms with E-state index in [0.29, 0.717) is 12.1 Å². The largest absolute Gasteiger partial charge is 0.464 e. The van der Waals surface area contributed by atoms with Crippen molar-refractivity contribution in [2.24, 2.45) is 0 Å². The molecule has 1 aromatic carbocycles. The highest BCUT2D eigenvalue weighted by atomic mass is 16.3. The van der Waals surface area contributed by atoms with Gasteiger partial charge in [-0.1, -0.05) is 25.0 Å². The number of hydrogen-bond donors (Lipinski definition) is 2. The van der Waals surface area contributed by atoms with E-state index in [4.69, 9.17) is 9.52 Å². The fourth-order valence-electron chi connectivity index (χ4n) is 2.80. The number of carbonyl (C=O) groups excluding carboxylic acids is 1. The van der Waals surface area contributed by atoms with Crippen molar-refractivity contribution in [3.05, 3.63) is 54.4 Å². The summed E-state index contributed by atoms with van der Waals surface area (Å²) in [6.07, 6.45) is 7.13. The Morgan fingerprint density at radius 2 is 1.84 bits per heavy atom. The van der Waals surface area contributed by atoms with Gasteiger partial charge in [-0.05, 0) is 37.1 Å². The summed E-state index contributed by atoms with van der Waals surface area (Å²) in [7, 11) is 0. The summed E-state index contributed by atoms with van der Waals surface area (Å²) in [5.74, 6) is -0.0665. The van der Waals surface area contributed by atoms with Crippen LogP contribution in [-0.4, -0.2) is 29.1 Å². The van der Waals surface area contributed by atoms with Crippen molar-refractivity contribution in [3.63, 3.8) is 0 Å². The van der Waals surface area contributed by atoms with Gasteiger partial charge in [-0.25, -0.2) is 0 Å². The molecule has 0 bridgehead atoms. The zero-order chi connectivity index (χ0) is 17.5. The maximum absolute atomic E-state index is 12.2. The minimum absolute atomic E-state index is 0.0665. The van der Waals surface area contributed by atoms with Gasteiger partial charge in [0.05, 0.1) is 12.0 Å². The minimum atomic E-state index is -0.0665. The highest BCUT2D eigenvalue weighted by Crippen LogP contribution is 2.27. The van der Waals surface area contributed by atoms with Crippen molar-refractivity contribution in [2.45, 2.75) is 25.7 Å². The molecule has 0 aliphatic rings. The molecule has 3 rings (SSSR count). The first-order valence-electron chi connectivity index (χ1n) is 8.61. The SMILES string of the molecule is O=C(NCCCCCCO)c1ccc(-c2nccc3occc23)cc1. The number of unbranched alkanes of at least 4 members (excludes halogenated alkanes) is 3. The lowest BCUT2D eigenvalue weighted by Gasteiger charge is -2.07. The second kappa shape index (κ2) is 8.44. The highest BCUT2D eigenvalue weighted by Gasteiger charge is 2.09. The van der Waals surface area contributed by atoms with E-state index in [1.165, 1.54) is 0 Å². The molecule has 0 unspecified atom stereocenters. The number of carbonyl (C=O) groups is 1. The quantitative estimate of drug-likeness (QED) is 0.613. The molecule has 2 N–H and O–H groups in total. The van der Waals surface area contributed by atoms with Gasteiger partial charge in [-0.2, -0.15) is 0 Å². The number of nitrogens with one attached hydrogen (secondary N) is 1. The van der Waals surface area contributed by atoms with Crippen molar-refractivity contribution in [1.82, 2.24) is 10.3 Å². The summed E-state index contributed by atoms with van der Waals surface area (Å²) >= 11 is 0. The fourth-order valence-corrected chi connectivity index (χ4v) is 2.80. The van der Waals surface area contributed by atoms with Crippen molar-refractivity contribution < 1.29 is 14.3 Å². The molecule has 0 saturated heterocycles. The van der Waals surface area contributed by atoms with Crippen LogP contribution in [-0.2, 0) is 0 Å². The predicted octanol–water partition coefficient (Wildman–Crippen LogP) is 3.78. The van der Waals surface area contributed by atoms with Crippen LogP contribution in [0.5, 0.6) is 0 Å². The first kappa shape index (κ1) is 17.2. The predicted molar refractivity (Wildman–Crippen MR) is 97.3 cm³/mol. The molecule has 5 nitrogen and oxygen atoms in total. The number of hydrogen-bond acceptors (Lipinski definition) is 4. The Morgan fingerprint density at radius 1 is 1.04 bits per heavy atom. The van der Waals surface area contributed by atoms with Crippen molar-refractivity contribution in [1.29, 1.82) is 0 Å². The Labute approximate surface area is 146 Å². The molecule has 1 amide bonds. The Kier molecular flexibility index (Phi) is 5.80. The monoisotopic (exact) mass is 338 g/mol. The Morgan fingerprint density at radius 3 is 2.64 bits per heavy atom. The van der Waals surface area contributed by atoms with Gasteiger partial charge in [0.1, 0.15) is 5.58 Å². The van der Waals surface area contributed by atoms with Gasteiger partial charge in [0.15, 0.2) is 0 Å². The maximum Gasteiger partial charge on any atom is 0.251 e. The lowest BCUT2D eigenvalue weighted by molar-refractivity contribution is 0.0953. The van der Waals surface area contributed by atoms with Crippen LogP contribution in [0.15, 0.2) is 53.3 Å². The van der Waals surface area contributed by atoms with Gasteiger partial charge in [0.25, 0.3) is 5.91 Å². The molecule has 0 spiro atoms. The van der Waals surface area contributed by atoms with Crippen LogP contribution >= 0.6 is 0 Å². The molecule has 0 atom stereocenters. The molecule has 0 saturated carbocycles. The summed E-state index contributed by atoms with van der Waals surface area (Å²) < 4.78 is 5.40. The number of rotatable bonds is 8. The number of benzene rings is 1. The normalized spacial score (nSPS) is 10.9. The van der Waals surface area contributed by atoms with Crippen LogP contribution in [0.25, 0.3) is 22.2 Å². The number of aromatic nitrogens is 1. The number of nitrogens with zero attached hydrogens (tertiary/aromatic N) is 1. The lowest BCUT2D eigenvalue weighted by atomic mass is 10.1. The van der Waals surface area contributed by atoms with Crippen LogP contribution in [0, 0.1) is 0 Å². The molecule has 0 radical (unpaired) electrons. The third kappa shape index (κ3) is 4.25. The number of pyridine rings is 1. The second-order valence-corrected chi connectivity index (χ2v) is 5.96. The Balaban J connectivity index is 1.60. The molecular formula is C20H22N2O3. The van der Waals surface area contributed by atoms with E-state index in [1.807, 2.05) is 36.4 Å². The standard InChI is InChI=1S/C20H22N2O3/c23-13-4-2-1-3-11-22-20(24)16-7-5-15(6-8-16)19-17-10-14-25-18(17)9-12-21-19/h5-10,12,14,23H,1-4,11,13H2,(H,22,24). The van der Waals surface area contributed by atoms with Gasteiger partial charge in [0, 0.05) is 35.9 Å². The molecule has 0 fully saturated rings. The third-order valence-electron chi connectivity index (χ3n) is 4.17. The molecule has 130 valence electrons. The van der Waals surface area contributed by atoms with Gasteiger partial charge in [0.2, 0.25) is 0 Å². The van der Waals surface area contributed by atoms with E-state index in [1.54, 1.807) is 12.5 Å². The van der Waals surface area contributed by atoms with Gasteiger partial charge >= 0.3 is 0 Å². The smallest absolute Gasteiger partial charge is 0.251 e. The fraction of sp³-hybridized carbons (Fsp3) is 0.300. The molecule has 25 heavy (non-hydrogen) atoms. The van der Waals surface area contributed by atoms with Crippen molar-refractivity contribution >= 4 is 16.9 Å². The average molecular weight is 338 g/mol. The summed E-state index contributed by atoms with van der Waals surface area (Å²) in [5.41, 5.74) is 3.24. The Bertz CT molecular complexity index is 824. The van der Waals surface area contributed by atoms with E-state index >= 15 is 0 Å². The lowest BCUT2D eigenvalue weighted by Crippen LogP contribution is -2.24. The molecule has 2 heterocycles. The number of amides is 1. The van der Waals surface area contributed by atoms with E-state index < -0.39 is 0 Å². The number of fused-ring (bicyclic) bond motifs is 1. The first-order valence-corrected chi connectivity index (χ1v) is 8.61. The number of furan rings is 1. The van der Waals surface area contributed by atoms with Crippen molar-refractivity contribution in [3.8, 4) is 11.3 Å². The number of aliphatic hydroxyl groups is 1. The van der Waals surface area contributed by atoms with E-state index in [0.717, 1.165) is 47.9 Å². The molecule has 0 aliphatic carbocycles. The number of aliphatic hydroxyl groups excluding tert-OH is 1. The molecule has 5 heteroatoms. The minimum Gasteiger partial charge on any atom is -0.464 e. The molecular weight excluding hydrogens is 316 g/mol. The van der Waals surface area contributed by atoms with E-state index in [9.17, 15) is 4.79 Å². The molecule has 3 aromatic rings. The van der Waals surface area contributed by atoms with Gasteiger partial charge in [-0.15, -0.1) is 0 Å². The van der Waals surface area contributed by atoms with Crippen LogP contribution in [0.4, 0.5) is 0 Å². The maximum atomic E-state index is 12.2. The topological polar surface area (TPSA) is 75.4 Å². The third-order valence-corrected chi connectivity index (χ3v) is 4.17. The van der Waals surface area contributed by atoms with Crippen LogP contribution < -0.4 is 5.32 Å².